The SMILES string of the molecule is c1ccc2c(c1)Cc1ccccc1N2c1ccc(-c2cnccc2-c2ccncc2-c2ccc(N3c4ccccc4Cc4ccccc43)cc2)cc1. The van der Waals surface area contributed by atoms with Gasteiger partial charge in [-0.3, -0.25) is 9.97 Å². The molecule has 4 nitrogen and oxygen atoms in total. The number of hydrogen-bond acceptors (Lipinski definition) is 4. The fourth-order valence-corrected chi connectivity index (χ4v) is 8.04. The molecule has 0 saturated carbocycles. The molecule has 10 rings (SSSR count). The van der Waals surface area contributed by atoms with Gasteiger partial charge in [0.1, 0.15) is 0 Å². The first-order chi connectivity index (χ1) is 25.8. The highest BCUT2D eigenvalue weighted by Crippen LogP contribution is 2.46. The summed E-state index contributed by atoms with van der Waals surface area (Å²) in [5.74, 6) is 0. The number of nitrogens with zero attached hydrogens (tertiary/aromatic N) is 4. The van der Waals surface area contributed by atoms with Crippen molar-refractivity contribution in [2.75, 3.05) is 9.80 Å². The number of hydrogen-bond donors (Lipinski definition) is 0. The van der Waals surface area contributed by atoms with E-state index in [-0.39, 0.29) is 0 Å². The molecule has 52 heavy (non-hydrogen) atoms. The van der Waals surface area contributed by atoms with Crippen LogP contribution in [0.4, 0.5) is 34.1 Å². The van der Waals surface area contributed by atoms with Crippen LogP contribution in [0.1, 0.15) is 22.3 Å². The lowest BCUT2D eigenvalue weighted by Gasteiger charge is -2.33. The van der Waals surface area contributed by atoms with E-state index in [4.69, 9.17) is 0 Å². The minimum absolute atomic E-state index is 0.942. The molecule has 2 aliphatic rings. The maximum Gasteiger partial charge on any atom is 0.0497 e. The number of pyridine rings is 2. The molecular formula is C48H34N4. The van der Waals surface area contributed by atoms with Crippen LogP contribution in [0, 0.1) is 0 Å². The Morgan fingerprint density at radius 2 is 0.654 bits per heavy atom. The van der Waals surface area contributed by atoms with Crippen LogP contribution in [0.15, 0.2) is 183 Å². The molecule has 0 spiro atoms. The molecule has 2 aliphatic heterocycles. The van der Waals surface area contributed by atoms with Crippen LogP contribution in [0.5, 0.6) is 0 Å². The largest absolute Gasteiger partial charge is 0.310 e. The maximum absolute atomic E-state index is 4.59. The van der Waals surface area contributed by atoms with Crippen LogP contribution in [0.25, 0.3) is 33.4 Å². The number of aromatic nitrogens is 2. The fraction of sp³-hybridized carbons (Fsp3) is 0.0417. The molecule has 0 aliphatic carbocycles. The Morgan fingerprint density at radius 1 is 0.327 bits per heavy atom. The summed E-state index contributed by atoms with van der Waals surface area (Å²) in [5.41, 5.74) is 19.2. The van der Waals surface area contributed by atoms with Crippen molar-refractivity contribution in [1.82, 2.24) is 9.97 Å². The van der Waals surface area contributed by atoms with Crippen LogP contribution in [-0.2, 0) is 12.8 Å². The first-order valence-corrected chi connectivity index (χ1v) is 17.8. The van der Waals surface area contributed by atoms with Crippen molar-refractivity contribution in [1.29, 1.82) is 0 Å². The van der Waals surface area contributed by atoms with E-state index >= 15 is 0 Å². The molecule has 0 saturated heterocycles. The highest BCUT2D eigenvalue weighted by molar-refractivity contribution is 5.92. The van der Waals surface area contributed by atoms with Crippen LogP contribution in [-0.4, -0.2) is 9.97 Å². The van der Waals surface area contributed by atoms with Gasteiger partial charge in [0.15, 0.2) is 0 Å². The molecular weight excluding hydrogens is 633 g/mol. The van der Waals surface area contributed by atoms with Gasteiger partial charge >= 0.3 is 0 Å². The van der Waals surface area contributed by atoms with E-state index in [1.807, 2.05) is 24.8 Å². The van der Waals surface area contributed by atoms with Gasteiger partial charge in [-0.15, -0.1) is 0 Å². The first-order valence-electron chi connectivity index (χ1n) is 17.8. The lowest BCUT2D eigenvalue weighted by molar-refractivity contribution is 1.09. The van der Waals surface area contributed by atoms with Crippen LogP contribution < -0.4 is 9.80 Å². The van der Waals surface area contributed by atoms with Crippen molar-refractivity contribution in [3.05, 3.63) is 205 Å². The third-order valence-electron chi connectivity index (χ3n) is 10.5. The first kappa shape index (κ1) is 30.1. The van der Waals surface area contributed by atoms with E-state index in [9.17, 15) is 0 Å². The van der Waals surface area contributed by atoms with Crippen molar-refractivity contribution in [3.8, 4) is 33.4 Å². The monoisotopic (exact) mass is 666 g/mol. The van der Waals surface area contributed by atoms with Gasteiger partial charge in [0, 0.05) is 82.9 Å². The summed E-state index contributed by atoms with van der Waals surface area (Å²) >= 11 is 0. The fourth-order valence-electron chi connectivity index (χ4n) is 8.04. The molecule has 246 valence electrons. The molecule has 4 heterocycles. The molecule has 8 aromatic rings. The van der Waals surface area contributed by atoms with Gasteiger partial charge in [0.25, 0.3) is 0 Å². The van der Waals surface area contributed by atoms with Crippen LogP contribution in [0.2, 0.25) is 0 Å². The zero-order valence-electron chi connectivity index (χ0n) is 28.5. The number of para-hydroxylation sites is 4. The van der Waals surface area contributed by atoms with Crippen LogP contribution in [0.3, 0.4) is 0 Å². The molecule has 0 bridgehead atoms. The van der Waals surface area contributed by atoms with E-state index < -0.39 is 0 Å². The highest BCUT2D eigenvalue weighted by atomic mass is 15.2. The van der Waals surface area contributed by atoms with E-state index in [2.05, 4.69) is 177 Å². The Balaban J connectivity index is 1.01. The number of benzene rings is 6. The van der Waals surface area contributed by atoms with Gasteiger partial charge < -0.3 is 9.80 Å². The van der Waals surface area contributed by atoms with E-state index in [1.165, 1.54) is 45.0 Å². The zero-order valence-corrected chi connectivity index (χ0v) is 28.5. The number of rotatable bonds is 5. The second kappa shape index (κ2) is 12.5. The summed E-state index contributed by atoms with van der Waals surface area (Å²) in [6.45, 7) is 0. The highest BCUT2D eigenvalue weighted by Gasteiger charge is 2.25. The second-order valence-electron chi connectivity index (χ2n) is 13.5. The van der Waals surface area contributed by atoms with Crippen molar-refractivity contribution < 1.29 is 0 Å². The van der Waals surface area contributed by atoms with Gasteiger partial charge in [0.05, 0.1) is 0 Å². The Kier molecular flexibility index (Phi) is 7.24. The lowest BCUT2D eigenvalue weighted by Crippen LogP contribution is -2.18. The molecule has 0 amide bonds. The molecule has 0 atom stereocenters. The molecule has 0 N–H and O–H groups in total. The molecule has 4 heteroatoms. The van der Waals surface area contributed by atoms with Gasteiger partial charge in [-0.05, 0) is 105 Å². The lowest BCUT2D eigenvalue weighted by atomic mass is 9.91. The average Bonchev–Trinajstić information content (AvgIpc) is 3.22. The van der Waals surface area contributed by atoms with Gasteiger partial charge in [-0.25, -0.2) is 0 Å². The zero-order chi connectivity index (χ0) is 34.4. The van der Waals surface area contributed by atoms with Crippen molar-refractivity contribution in [3.63, 3.8) is 0 Å². The van der Waals surface area contributed by atoms with Gasteiger partial charge in [-0.2, -0.15) is 0 Å². The Morgan fingerprint density at radius 3 is 1.00 bits per heavy atom. The summed E-state index contributed by atoms with van der Waals surface area (Å²) in [5, 5.41) is 0. The predicted octanol–water partition coefficient (Wildman–Crippen LogP) is 12.2. The summed E-state index contributed by atoms with van der Waals surface area (Å²) in [4.78, 5) is 13.9. The number of anilines is 6. The smallest absolute Gasteiger partial charge is 0.0497 e. The summed E-state index contributed by atoms with van der Waals surface area (Å²) < 4.78 is 0. The summed E-state index contributed by atoms with van der Waals surface area (Å²) in [7, 11) is 0. The van der Waals surface area contributed by atoms with Crippen LogP contribution >= 0.6 is 0 Å². The predicted molar refractivity (Wildman–Crippen MR) is 213 cm³/mol. The van der Waals surface area contributed by atoms with E-state index in [1.54, 1.807) is 0 Å². The minimum atomic E-state index is 0.942. The quantitative estimate of drug-likeness (QED) is 0.183. The van der Waals surface area contributed by atoms with E-state index in [0.29, 0.717) is 0 Å². The molecule has 2 aromatic heterocycles. The average molecular weight is 667 g/mol. The Hall–Kier alpha value is -6.78. The minimum Gasteiger partial charge on any atom is -0.310 e. The van der Waals surface area contributed by atoms with Gasteiger partial charge in [-0.1, -0.05) is 97.1 Å². The Bertz CT molecular complexity index is 2320. The van der Waals surface area contributed by atoms with Crippen molar-refractivity contribution >= 4 is 34.1 Å². The van der Waals surface area contributed by atoms with Crippen molar-refractivity contribution in [2.45, 2.75) is 12.8 Å². The third kappa shape index (κ3) is 5.07. The standard InChI is InChI=1S/C48H34N4/c1-5-13-45-35(9-1)29-36-10-2-6-14-46(36)51(45)39-21-17-33(18-22-39)43-31-49-27-25-41(43)42-26-28-50-32-44(42)34-19-23-40(24-20-34)52-47-15-7-3-11-37(47)30-38-12-4-8-16-48(38)52/h1-28,31-32H,29-30H2. The summed E-state index contributed by atoms with van der Waals surface area (Å²) in [6, 6.07) is 56.9. The molecule has 0 radical (unpaired) electrons. The molecule has 0 fully saturated rings. The maximum atomic E-state index is 4.59. The Labute approximate surface area is 304 Å². The second-order valence-corrected chi connectivity index (χ2v) is 13.5. The topological polar surface area (TPSA) is 32.3 Å². The number of fused-ring (bicyclic) bond motifs is 4. The summed E-state index contributed by atoms with van der Waals surface area (Å²) in [6.07, 6.45) is 9.61. The van der Waals surface area contributed by atoms with Crippen molar-refractivity contribution in [2.24, 2.45) is 0 Å². The van der Waals surface area contributed by atoms with E-state index in [0.717, 1.165) is 57.6 Å². The molecule has 0 unspecified atom stereocenters. The normalized spacial score (nSPS) is 12.8. The molecule has 6 aromatic carbocycles. The van der Waals surface area contributed by atoms with Gasteiger partial charge in [0.2, 0.25) is 0 Å². The third-order valence-corrected chi connectivity index (χ3v) is 10.5.